The fourth-order valence-corrected chi connectivity index (χ4v) is 2.95. The normalized spacial score (nSPS) is 18.6. The van der Waals surface area contributed by atoms with E-state index in [1.165, 1.54) is 6.92 Å². The van der Waals surface area contributed by atoms with Gasteiger partial charge in [0.15, 0.2) is 0 Å². The topological polar surface area (TPSA) is 110 Å². The van der Waals surface area contributed by atoms with Crippen LogP contribution in [-0.2, 0) is 9.09 Å². The van der Waals surface area contributed by atoms with Crippen LogP contribution in [0.2, 0.25) is 0 Å². The Morgan fingerprint density at radius 1 is 1.54 bits per heavy atom. The minimum Gasteiger partial charge on any atom is -0.779 e. The van der Waals surface area contributed by atoms with Crippen LogP contribution in [0.5, 0.6) is 0 Å². The summed E-state index contributed by atoms with van der Waals surface area (Å²) < 4.78 is 14.8. The molecule has 0 saturated heterocycles. The van der Waals surface area contributed by atoms with Gasteiger partial charge in [0.1, 0.15) is 13.3 Å². The monoisotopic (exact) mass is 238 g/mol. The average molecular weight is 238 g/mol. The molecule has 3 N–H and O–H groups in total. The fourth-order valence-electron chi connectivity index (χ4n) is 0.650. The first-order valence-electron chi connectivity index (χ1n) is 3.31. The van der Waals surface area contributed by atoms with Gasteiger partial charge in [0.2, 0.25) is 0 Å². The summed E-state index contributed by atoms with van der Waals surface area (Å²) in [6.45, 7) is 2.28. The Morgan fingerprint density at radius 2 is 1.92 bits per heavy atom. The predicted octanol–water partition coefficient (Wildman–Crippen LogP) is -4.58. The second kappa shape index (κ2) is 5.97. The molecule has 74 valence electrons. The minimum absolute atomic E-state index is 0. The summed E-state index contributed by atoms with van der Waals surface area (Å²) in [5, 5.41) is 0. The standard InChI is InChI=1S/C4H13O6PSi.Na/c1-3-4(12(7,8)9)10-11(2,5)6;/h4,7-9H,3H2,1-2H3,(H,5,6);/q;+1/p-1. The van der Waals surface area contributed by atoms with Crippen molar-refractivity contribution in [3.63, 3.8) is 0 Å². The SMILES string of the molecule is CCC(OP(C)(=O)[O-])[Si](O)(O)O.[Na+]. The maximum absolute atomic E-state index is 10.5. The van der Waals surface area contributed by atoms with E-state index in [1.54, 1.807) is 0 Å². The third-order valence-electron chi connectivity index (χ3n) is 1.12. The zero-order chi connectivity index (χ0) is 9.99. The molecule has 0 aromatic heterocycles. The molecule has 2 unspecified atom stereocenters. The van der Waals surface area contributed by atoms with Crippen LogP contribution in [0.3, 0.4) is 0 Å². The first kappa shape index (κ1) is 16.7. The maximum atomic E-state index is 10.5. The van der Waals surface area contributed by atoms with E-state index >= 15 is 0 Å². The zero-order valence-electron chi connectivity index (χ0n) is 7.80. The van der Waals surface area contributed by atoms with Crippen molar-refractivity contribution >= 4 is 16.4 Å². The van der Waals surface area contributed by atoms with Crippen molar-refractivity contribution in [2.45, 2.75) is 19.1 Å². The second-order valence-electron chi connectivity index (χ2n) is 2.46. The Kier molecular flexibility index (Phi) is 7.65. The van der Waals surface area contributed by atoms with Crippen molar-refractivity contribution in [1.29, 1.82) is 0 Å². The summed E-state index contributed by atoms with van der Waals surface area (Å²) >= 11 is 0. The number of hydrogen-bond donors (Lipinski definition) is 3. The third kappa shape index (κ3) is 8.26. The van der Waals surface area contributed by atoms with Crippen LogP contribution >= 0.6 is 7.60 Å². The van der Waals surface area contributed by atoms with Crippen LogP contribution in [-0.4, -0.2) is 35.6 Å². The minimum atomic E-state index is -4.49. The van der Waals surface area contributed by atoms with Gasteiger partial charge in [0, 0.05) is 6.66 Å². The molecule has 0 aliphatic rings. The van der Waals surface area contributed by atoms with Crippen LogP contribution in [0.15, 0.2) is 0 Å². The molecule has 0 amide bonds. The van der Waals surface area contributed by atoms with E-state index in [0.717, 1.165) is 6.66 Å². The Balaban J connectivity index is 0. The molecule has 13 heavy (non-hydrogen) atoms. The molecule has 0 spiro atoms. The molecule has 0 aliphatic carbocycles. The van der Waals surface area contributed by atoms with Gasteiger partial charge in [-0.1, -0.05) is 6.92 Å². The van der Waals surface area contributed by atoms with Crippen LogP contribution in [0.1, 0.15) is 13.3 Å². The largest absolute Gasteiger partial charge is 1.00 e. The van der Waals surface area contributed by atoms with Gasteiger partial charge in [-0.05, 0) is 6.42 Å². The van der Waals surface area contributed by atoms with Crippen LogP contribution in [0, 0.1) is 0 Å². The smallest absolute Gasteiger partial charge is 0.779 e. The maximum Gasteiger partial charge on any atom is 1.00 e. The van der Waals surface area contributed by atoms with E-state index in [9.17, 15) is 9.46 Å². The van der Waals surface area contributed by atoms with Gasteiger partial charge in [-0.3, -0.25) is 0 Å². The van der Waals surface area contributed by atoms with Gasteiger partial charge in [-0.15, -0.1) is 0 Å². The molecule has 0 bridgehead atoms. The van der Waals surface area contributed by atoms with Gasteiger partial charge >= 0.3 is 38.4 Å². The van der Waals surface area contributed by atoms with Crippen molar-refractivity contribution in [1.82, 2.24) is 0 Å². The predicted molar refractivity (Wildman–Crippen MR) is 41.1 cm³/mol. The molecule has 0 saturated carbocycles. The Hall–Kier alpha value is 1.25. The fraction of sp³-hybridized carbons (Fsp3) is 1.00. The van der Waals surface area contributed by atoms with Gasteiger partial charge in [-0.25, -0.2) is 0 Å². The molecule has 9 heteroatoms. The van der Waals surface area contributed by atoms with Crippen molar-refractivity contribution in [3.05, 3.63) is 0 Å². The molecule has 6 nitrogen and oxygen atoms in total. The van der Waals surface area contributed by atoms with Gasteiger partial charge in [-0.2, -0.15) is 0 Å². The summed E-state index contributed by atoms with van der Waals surface area (Å²) in [4.78, 5) is 36.7. The molecular weight excluding hydrogens is 226 g/mol. The molecule has 0 radical (unpaired) electrons. The van der Waals surface area contributed by atoms with Crippen molar-refractivity contribution in [3.8, 4) is 0 Å². The van der Waals surface area contributed by atoms with Gasteiger partial charge in [0.25, 0.3) is 0 Å². The molecule has 0 aromatic carbocycles. The summed E-state index contributed by atoms with van der Waals surface area (Å²) in [7, 11) is -8.52. The van der Waals surface area contributed by atoms with Gasteiger partial charge < -0.3 is 28.4 Å². The van der Waals surface area contributed by atoms with Crippen LogP contribution in [0.25, 0.3) is 0 Å². The zero-order valence-corrected chi connectivity index (χ0v) is 11.7. The summed E-state index contributed by atoms with van der Waals surface area (Å²) in [5.41, 5.74) is -1.41. The summed E-state index contributed by atoms with van der Waals surface area (Å²) in [6.07, 6.45) is 0.0236. The Bertz CT molecular complexity index is 188. The van der Waals surface area contributed by atoms with Crippen molar-refractivity contribution in [2.75, 3.05) is 6.66 Å². The van der Waals surface area contributed by atoms with Crippen molar-refractivity contribution in [2.24, 2.45) is 0 Å². The number of rotatable bonds is 4. The molecule has 0 aromatic rings. The molecular formula is C4H12NaO6PSi. The Morgan fingerprint density at radius 3 is 2.00 bits per heavy atom. The molecule has 0 aliphatic heterocycles. The van der Waals surface area contributed by atoms with E-state index in [0.29, 0.717) is 0 Å². The van der Waals surface area contributed by atoms with E-state index in [1.807, 2.05) is 0 Å². The van der Waals surface area contributed by atoms with E-state index < -0.39 is 22.1 Å². The van der Waals surface area contributed by atoms with E-state index in [2.05, 4.69) is 4.52 Å². The molecule has 0 fully saturated rings. The second-order valence-corrected chi connectivity index (χ2v) is 6.23. The van der Waals surface area contributed by atoms with Gasteiger partial charge in [0.05, 0.1) is 0 Å². The van der Waals surface area contributed by atoms with Crippen LogP contribution < -0.4 is 34.5 Å². The summed E-state index contributed by atoms with van der Waals surface area (Å²) in [5.74, 6) is 0. The first-order valence-corrected chi connectivity index (χ1v) is 7.21. The molecule has 0 rings (SSSR count). The average Bonchev–Trinajstić information content (AvgIpc) is 1.78. The summed E-state index contributed by atoms with van der Waals surface area (Å²) in [6, 6.07) is 0. The van der Waals surface area contributed by atoms with E-state index in [4.69, 9.17) is 14.4 Å². The van der Waals surface area contributed by atoms with Crippen molar-refractivity contribution < 1.29 is 57.9 Å². The first-order chi connectivity index (χ1) is 5.17. The third-order valence-corrected chi connectivity index (χ3v) is 3.35. The Labute approximate surface area is 99.8 Å². The molecule has 0 heterocycles. The number of hydrogen-bond acceptors (Lipinski definition) is 6. The van der Waals surface area contributed by atoms with E-state index in [-0.39, 0.29) is 36.0 Å². The molecule has 2 atom stereocenters. The van der Waals surface area contributed by atoms with Crippen LogP contribution in [0.4, 0.5) is 0 Å². The quantitative estimate of drug-likeness (QED) is 0.336.